The first-order valence-corrected chi connectivity index (χ1v) is 6.31. The van der Waals surface area contributed by atoms with E-state index < -0.39 is 0 Å². The quantitative estimate of drug-likeness (QED) is 0.569. The van der Waals surface area contributed by atoms with Gasteiger partial charge in [-0.2, -0.15) is 0 Å². The van der Waals surface area contributed by atoms with Gasteiger partial charge in [0.2, 0.25) is 0 Å². The molecule has 0 heteroatoms. The number of allylic oxidation sites excluding steroid dienone is 4. The largest absolute Gasteiger partial charge is 0.0847 e. The van der Waals surface area contributed by atoms with Crippen LogP contribution < -0.4 is 0 Å². The van der Waals surface area contributed by atoms with E-state index in [0.717, 1.165) is 11.8 Å². The van der Waals surface area contributed by atoms with Gasteiger partial charge in [-0.25, -0.2) is 0 Å². The Hall–Kier alpha value is -0.520. The molecule has 3 aliphatic carbocycles. The van der Waals surface area contributed by atoms with Gasteiger partial charge in [-0.05, 0) is 63.2 Å². The lowest BCUT2D eigenvalue weighted by Gasteiger charge is -2.11. The maximum Gasteiger partial charge on any atom is -0.0203 e. The van der Waals surface area contributed by atoms with E-state index in [9.17, 15) is 0 Å². The molecule has 3 aliphatic rings. The topological polar surface area (TPSA) is 0 Å². The summed E-state index contributed by atoms with van der Waals surface area (Å²) in [5, 5.41) is 0. The Bertz CT molecular complexity index is 244. The van der Waals surface area contributed by atoms with Gasteiger partial charge >= 0.3 is 0 Å². The fourth-order valence-electron chi connectivity index (χ4n) is 2.70. The third kappa shape index (κ3) is 1.94. The van der Waals surface area contributed by atoms with Gasteiger partial charge in [0.25, 0.3) is 0 Å². The Labute approximate surface area is 87.1 Å². The highest BCUT2D eigenvalue weighted by atomic mass is 14.3. The highest BCUT2D eigenvalue weighted by Crippen LogP contribution is 2.42. The molecular formula is C14H20. The average molecular weight is 188 g/mol. The van der Waals surface area contributed by atoms with Gasteiger partial charge in [0.1, 0.15) is 0 Å². The molecule has 0 radical (unpaired) electrons. The van der Waals surface area contributed by atoms with E-state index in [-0.39, 0.29) is 0 Å². The first kappa shape index (κ1) is 8.76. The molecule has 0 bridgehead atoms. The third-order valence-electron chi connectivity index (χ3n) is 3.88. The molecule has 0 aliphatic heterocycles. The van der Waals surface area contributed by atoms with Crippen molar-refractivity contribution in [3.05, 3.63) is 23.3 Å². The van der Waals surface area contributed by atoms with E-state index in [4.69, 9.17) is 0 Å². The van der Waals surface area contributed by atoms with E-state index in [1.54, 1.807) is 11.1 Å². The normalized spacial score (nSPS) is 36.3. The van der Waals surface area contributed by atoms with Crippen molar-refractivity contribution in [2.75, 3.05) is 0 Å². The molecule has 0 aromatic rings. The minimum absolute atomic E-state index is 1.01. The van der Waals surface area contributed by atoms with Crippen molar-refractivity contribution in [3.8, 4) is 0 Å². The highest BCUT2D eigenvalue weighted by Gasteiger charge is 2.28. The molecule has 0 nitrogen and oxygen atoms in total. The van der Waals surface area contributed by atoms with Gasteiger partial charge in [-0.3, -0.25) is 0 Å². The lowest BCUT2D eigenvalue weighted by atomic mass is 9.95. The second kappa shape index (κ2) is 3.56. The zero-order valence-electron chi connectivity index (χ0n) is 8.97. The predicted octanol–water partition coefficient (Wildman–Crippen LogP) is 4.23. The van der Waals surface area contributed by atoms with Crippen LogP contribution in [-0.2, 0) is 0 Å². The van der Waals surface area contributed by atoms with Gasteiger partial charge in [0.05, 0.1) is 0 Å². The Morgan fingerprint density at radius 2 is 1.14 bits per heavy atom. The van der Waals surface area contributed by atoms with Crippen LogP contribution in [0.15, 0.2) is 23.3 Å². The molecule has 0 N–H and O–H groups in total. The van der Waals surface area contributed by atoms with E-state index in [0.29, 0.717) is 0 Å². The summed E-state index contributed by atoms with van der Waals surface area (Å²) in [5.74, 6) is 2.01. The van der Waals surface area contributed by atoms with Crippen LogP contribution in [0.3, 0.4) is 0 Å². The van der Waals surface area contributed by atoms with E-state index in [2.05, 4.69) is 12.2 Å². The molecule has 3 rings (SSSR count). The zero-order valence-corrected chi connectivity index (χ0v) is 8.97. The fourth-order valence-corrected chi connectivity index (χ4v) is 2.70. The van der Waals surface area contributed by atoms with Crippen LogP contribution in [0, 0.1) is 11.8 Å². The maximum atomic E-state index is 2.56. The van der Waals surface area contributed by atoms with Crippen molar-refractivity contribution in [1.29, 1.82) is 0 Å². The molecule has 76 valence electrons. The molecule has 2 fully saturated rings. The molecule has 0 heterocycles. The molecule has 0 spiro atoms. The number of hydrogen-bond acceptors (Lipinski definition) is 0. The summed E-state index contributed by atoms with van der Waals surface area (Å²) >= 11 is 0. The van der Waals surface area contributed by atoms with Crippen molar-refractivity contribution in [1.82, 2.24) is 0 Å². The maximum absolute atomic E-state index is 2.56. The third-order valence-corrected chi connectivity index (χ3v) is 3.88. The minimum Gasteiger partial charge on any atom is -0.0847 e. The molecule has 0 unspecified atom stereocenters. The molecule has 0 amide bonds. The van der Waals surface area contributed by atoms with Gasteiger partial charge < -0.3 is 0 Å². The van der Waals surface area contributed by atoms with E-state index in [1.807, 2.05) is 0 Å². The van der Waals surface area contributed by atoms with Gasteiger partial charge in [0.15, 0.2) is 0 Å². The van der Waals surface area contributed by atoms with Crippen molar-refractivity contribution in [2.45, 2.75) is 51.4 Å². The van der Waals surface area contributed by atoms with Crippen LogP contribution in [0.2, 0.25) is 0 Å². The van der Waals surface area contributed by atoms with Gasteiger partial charge in [0, 0.05) is 0 Å². The smallest absolute Gasteiger partial charge is 0.0203 e. The molecule has 14 heavy (non-hydrogen) atoms. The van der Waals surface area contributed by atoms with Gasteiger partial charge in [-0.15, -0.1) is 0 Å². The summed E-state index contributed by atoms with van der Waals surface area (Å²) in [6.45, 7) is 0. The van der Waals surface area contributed by atoms with E-state index >= 15 is 0 Å². The molecule has 2 saturated carbocycles. The Morgan fingerprint density at radius 3 is 1.50 bits per heavy atom. The first-order valence-electron chi connectivity index (χ1n) is 6.31. The predicted molar refractivity (Wildman–Crippen MR) is 60.1 cm³/mol. The van der Waals surface area contributed by atoms with Crippen molar-refractivity contribution < 1.29 is 0 Å². The van der Waals surface area contributed by atoms with Crippen LogP contribution in [-0.4, -0.2) is 0 Å². The Balaban J connectivity index is 1.62. The Morgan fingerprint density at radius 1 is 0.714 bits per heavy atom. The monoisotopic (exact) mass is 188 g/mol. The lowest BCUT2D eigenvalue weighted by molar-refractivity contribution is 0.776. The van der Waals surface area contributed by atoms with Crippen LogP contribution >= 0.6 is 0 Å². The lowest BCUT2D eigenvalue weighted by Crippen LogP contribution is -1.94. The second-order valence-electron chi connectivity index (χ2n) is 5.18. The number of rotatable bonds is 2. The van der Waals surface area contributed by atoms with E-state index in [1.165, 1.54) is 51.4 Å². The first-order chi connectivity index (χ1) is 6.93. The van der Waals surface area contributed by atoms with Gasteiger partial charge in [-0.1, -0.05) is 23.3 Å². The molecular weight excluding hydrogens is 168 g/mol. The Kier molecular flexibility index (Phi) is 2.23. The SMILES string of the molecule is C1=C(/C2CC2)CC/C=C(/C2CC2)CC/1. The van der Waals surface area contributed by atoms with Crippen LogP contribution in [0.25, 0.3) is 0 Å². The van der Waals surface area contributed by atoms with Crippen molar-refractivity contribution >= 4 is 0 Å². The molecule has 0 aromatic carbocycles. The summed E-state index contributed by atoms with van der Waals surface area (Å²) in [6, 6.07) is 0. The molecule has 0 aromatic heterocycles. The van der Waals surface area contributed by atoms with Crippen molar-refractivity contribution in [2.24, 2.45) is 11.8 Å². The van der Waals surface area contributed by atoms with Crippen molar-refractivity contribution in [3.63, 3.8) is 0 Å². The molecule has 0 atom stereocenters. The highest BCUT2D eigenvalue weighted by molar-refractivity contribution is 5.20. The second-order valence-corrected chi connectivity index (χ2v) is 5.18. The van der Waals surface area contributed by atoms with Crippen LogP contribution in [0.4, 0.5) is 0 Å². The average Bonchev–Trinajstić information content (AvgIpc) is 3.00. The summed E-state index contributed by atoms with van der Waals surface area (Å²) in [4.78, 5) is 0. The van der Waals surface area contributed by atoms with Crippen LogP contribution in [0.5, 0.6) is 0 Å². The zero-order chi connectivity index (χ0) is 9.38. The summed E-state index contributed by atoms with van der Waals surface area (Å²) in [7, 11) is 0. The number of hydrogen-bond donors (Lipinski definition) is 0. The fraction of sp³-hybridized carbons (Fsp3) is 0.714. The molecule has 0 saturated heterocycles. The summed E-state index contributed by atoms with van der Waals surface area (Å²) < 4.78 is 0. The minimum atomic E-state index is 1.01. The summed E-state index contributed by atoms with van der Waals surface area (Å²) in [5.41, 5.74) is 3.58. The standard InChI is InChI=1S/C14H20/c1-3-11(13-7-8-13)5-2-6-12(4-1)14-9-10-14/h3,6,13-14H,1-2,4-5,7-10H2/b11-3+,12-6+. The van der Waals surface area contributed by atoms with Crippen LogP contribution in [0.1, 0.15) is 51.4 Å². The summed E-state index contributed by atoms with van der Waals surface area (Å²) in [6.07, 6.45) is 16.4.